The molecule has 0 heterocycles. The molecule has 1 aromatic carbocycles. The highest BCUT2D eigenvalue weighted by molar-refractivity contribution is 5.80. The molecule has 0 aliphatic heterocycles. The Balaban J connectivity index is 3.02. The van der Waals surface area contributed by atoms with E-state index in [0.717, 1.165) is 18.2 Å². The first-order valence-electron chi connectivity index (χ1n) is 5.60. The van der Waals surface area contributed by atoms with Crippen LogP contribution in [0.25, 0.3) is 0 Å². The number of amides is 1. The number of hydrazine groups is 1. The van der Waals surface area contributed by atoms with Gasteiger partial charge in [0.05, 0.1) is 11.0 Å². The van der Waals surface area contributed by atoms with E-state index in [0.29, 0.717) is 12.8 Å². The van der Waals surface area contributed by atoms with E-state index in [1.807, 2.05) is 12.3 Å². The fourth-order valence-corrected chi connectivity index (χ4v) is 1.48. The summed E-state index contributed by atoms with van der Waals surface area (Å²) in [6.45, 7) is 1.82. The number of carbonyl (C=O) groups is 1. The number of nitrogens with one attached hydrogen (secondary N) is 1. The van der Waals surface area contributed by atoms with Gasteiger partial charge in [-0.25, -0.2) is 10.2 Å². The van der Waals surface area contributed by atoms with Gasteiger partial charge in [-0.3, -0.25) is 20.3 Å². The molecule has 19 heavy (non-hydrogen) atoms. The lowest BCUT2D eigenvalue weighted by Gasteiger charge is -2.16. The molecule has 1 atom stereocenters. The molecule has 7 nitrogen and oxygen atoms in total. The summed E-state index contributed by atoms with van der Waals surface area (Å²) in [6.07, 6.45) is -0.0101. The minimum absolute atomic E-state index is 0.173. The lowest BCUT2D eigenvalue weighted by molar-refractivity contribution is -0.386. The summed E-state index contributed by atoms with van der Waals surface area (Å²) < 4.78 is 18.2. The fraction of sp³-hybridized carbons (Fsp3) is 0.364. The maximum Gasteiger partial charge on any atom is 0.313 e. The highest BCUT2D eigenvalue weighted by Crippen LogP contribution is 2.28. The van der Waals surface area contributed by atoms with Crippen LogP contribution in [0.2, 0.25) is 0 Å². The van der Waals surface area contributed by atoms with Crippen molar-refractivity contribution in [1.82, 2.24) is 5.43 Å². The summed E-state index contributed by atoms with van der Waals surface area (Å²) in [5.74, 6) is 3.48. The van der Waals surface area contributed by atoms with Crippen LogP contribution in [0.4, 0.5) is 10.1 Å². The van der Waals surface area contributed by atoms with E-state index >= 15 is 0 Å². The van der Waals surface area contributed by atoms with Crippen LogP contribution in [-0.2, 0) is 4.79 Å². The molecule has 8 heteroatoms. The Morgan fingerprint density at radius 2 is 2.32 bits per heavy atom. The average Bonchev–Trinajstić information content (AvgIpc) is 2.38. The fourth-order valence-electron chi connectivity index (χ4n) is 1.48. The molecular weight excluding hydrogens is 257 g/mol. The summed E-state index contributed by atoms with van der Waals surface area (Å²) in [6, 6.07) is 2.87. The van der Waals surface area contributed by atoms with Gasteiger partial charge in [-0.15, -0.1) is 0 Å². The molecular formula is C11H14FN3O4. The maximum atomic E-state index is 13.0. The van der Waals surface area contributed by atoms with Gasteiger partial charge in [-0.2, -0.15) is 0 Å². The van der Waals surface area contributed by atoms with Gasteiger partial charge in [-0.05, 0) is 18.6 Å². The first kappa shape index (κ1) is 14.8. The monoisotopic (exact) mass is 271 g/mol. The second-order valence-corrected chi connectivity index (χ2v) is 3.77. The van der Waals surface area contributed by atoms with Gasteiger partial charge in [0.2, 0.25) is 0 Å². The highest BCUT2D eigenvalue weighted by atomic mass is 19.1. The number of nitro benzene ring substituents is 1. The van der Waals surface area contributed by atoms with Crippen LogP contribution < -0.4 is 16.0 Å². The normalized spacial score (nSPS) is 11.7. The minimum atomic E-state index is -0.959. The largest absolute Gasteiger partial charge is 0.473 e. The topological polar surface area (TPSA) is 107 Å². The summed E-state index contributed by atoms with van der Waals surface area (Å²) >= 11 is 0. The van der Waals surface area contributed by atoms with Crippen molar-refractivity contribution in [2.75, 3.05) is 0 Å². The summed E-state index contributed by atoms with van der Waals surface area (Å²) in [7, 11) is 0. The lowest BCUT2D eigenvalue weighted by Crippen LogP contribution is -2.42. The third kappa shape index (κ3) is 3.88. The molecule has 0 fully saturated rings. The number of carbonyl (C=O) groups excluding carboxylic acids is 1. The number of hydrogen-bond donors (Lipinski definition) is 2. The molecule has 1 amide bonds. The van der Waals surface area contributed by atoms with Crippen LogP contribution in [0.15, 0.2) is 18.2 Å². The Morgan fingerprint density at radius 3 is 2.84 bits per heavy atom. The van der Waals surface area contributed by atoms with Crippen molar-refractivity contribution in [2.45, 2.75) is 25.9 Å². The van der Waals surface area contributed by atoms with Crippen molar-refractivity contribution in [3.8, 4) is 5.75 Å². The summed E-state index contributed by atoms with van der Waals surface area (Å²) in [4.78, 5) is 21.5. The number of rotatable bonds is 6. The molecule has 0 bridgehead atoms. The molecule has 1 rings (SSSR count). The van der Waals surface area contributed by atoms with Crippen molar-refractivity contribution >= 4 is 11.6 Å². The number of ether oxygens (including phenoxy) is 1. The third-order valence-corrected chi connectivity index (χ3v) is 2.37. The van der Waals surface area contributed by atoms with Gasteiger partial charge in [0.25, 0.3) is 5.91 Å². The van der Waals surface area contributed by atoms with E-state index in [-0.39, 0.29) is 5.75 Å². The zero-order valence-corrected chi connectivity index (χ0v) is 10.3. The zero-order valence-electron chi connectivity index (χ0n) is 10.3. The molecule has 0 aromatic heterocycles. The van der Waals surface area contributed by atoms with Crippen LogP contribution in [0.5, 0.6) is 5.75 Å². The van der Waals surface area contributed by atoms with E-state index in [1.165, 1.54) is 0 Å². The van der Waals surface area contributed by atoms with Gasteiger partial charge in [0.15, 0.2) is 11.9 Å². The first-order chi connectivity index (χ1) is 8.99. The molecule has 0 radical (unpaired) electrons. The van der Waals surface area contributed by atoms with E-state index < -0.39 is 28.4 Å². The van der Waals surface area contributed by atoms with E-state index in [1.54, 1.807) is 0 Å². The number of halogens is 1. The molecule has 0 spiro atoms. The third-order valence-electron chi connectivity index (χ3n) is 2.37. The lowest BCUT2D eigenvalue weighted by atomic mass is 10.2. The second kappa shape index (κ2) is 6.64. The molecule has 3 N–H and O–H groups in total. The van der Waals surface area contributed by atoms with E-state index in [4.69, 9.17) is 10.6 Å². The van der Waals surface area contributed by atoms with Crippen LogP contribution in [-0.4, -0.2) is 16.9 Å². The quantitative estimate of drug-likeness (QED) is 0.350. The molecule has 1 aromatic rings. The van der Waals surface area contributed by atoms with Crippen molar-refractivity contribution in [2.24, 2.45) is 5.84 Å². The van der Waals surface area contributed by atoms with Crippen LogP contribution in [0.3, 0.4) is 0 Å². The summed E-state index contributed by atoms with van der Waals surface area (Å²) in [5.41, 5.74) is 1.39. The SMILES string of the molecule is CCCC(Oc1ccc(F)cc1[N+](=O)[O-])C(=O)NN. The van der Waals surface area contributed by atoms with Gasteiger partial charge in [0.1, 0.15) is 5.82 Å². The smallest absolute Gasteiger partial charge is 0.313 e. The second-order valence-electron chi connectivity index (χ2n) is 3.77. The highest BCUT2D eigenvalue weighted by Gasteiger charge is 2.24. The van der Waals surface area contributed by atoms with Gasteiger partial charge in [0, 0.05) is 0 Å². The maximum absolute atomic E-state index is 13.0. The molecule has 104 valence electrons. The molecule has 1 unspecified atom stereocenters. The summed E-state index contributed by atoms with van der Waals surface area (Å²) in [5, 5.41) is 10.8. The standard InChI is InChI=1S/C11H14FN3O4/c1-2-3-10(11(16)14-13)19-9-5-4-7(12)6-8(9)15(17)18/h4-6,10H,2-3,13H2,1H3,(H,14,16). The number of hydrogen-bond acceptors (Lipinski definition) is 5. The Labute approximate surface area is 108 Å². The van der Waals surface area contributed by atoms with E-state index in [2.05, 4.69) is 0 Å². The minimum Gasteiger partial charge on any atom is -0.473 e. The predicted molar refractivity (Wildman–Crippen MR) is 64.7 cm³/mol. The first-order valence-corrected chi connectivity index (χ1v) is 5.60. The van der Waals surface area contributed by atoms with Crippen molar-refractivity contribution in [1.29, 1.82) is 0 Å². The average molecular weight is 271 g/mol. The number of benzene rings is 1. The molecule has 0 saturated carbocycles. The van der Waals surface area contributed by atoms with Gasteiger partial charge in [-0.1, -0.05) is 13.3 Å². The van der Waals surface area contributed by atoms with Crippen molar-refractivity contribution in [3.05, 3.63) is 34.1 Å². The van der Waals surface area contributed by atoms with Crippen molar-refractivity contribution < 1.29 is 18.8 Å². The van der Waals surface area contributed by atoms with Crippen LogP contribution >= 0.6 is 0 Å². The van der Waals surface area contributed by atoms with Crippen LogP contribution in [0, 0.1) is 15.9 Å². The Hall–Kier alpha value is -2.22. The van der Waals surface area contributed by atoms with Crippen molar-refractivity contribution in [3.63, 3.8) is 0 Å². The molecule has 0 aliphatic rings. The van der Waals surface area contributed by atoms with E-state index in [9.17, 15) is 19.3 Å². The predicted octanol–water partition coefficient (Wildman–Crippen LogP) is 1.27. The Bertz CT molecular complexity index is 481. The van der Waals surface area contributed by atoms with Gasteiger partial charge < -0.3 is 4.74 Å². The Morgan fingerprint density at radius 1 is 1.63 bits per heavy atom. The number of nitro groups is 1. The molecule has 0 saturated heterocycles. The molecule has 0 aliphatic carbocycles. The number of nitrogens with zero attached hydrogens (tertiary/aromatic N) is 1. The van der Waals surface area contributed by atoms with Gasteiger partial charge >= 0.3 is 5.69 Å². The van der Waals surface area contributed by atoms with Crippen LogP contribution in [0.1, 0.15) is 19.8 Å². The zero-order chi connectivity index (χ0) is 14.4. The Kier molecular flexibility index (Phi) is 5.19. The number of nitrogens with two attached hydrogens (primary N) is 1.